The minimum absolute atomic E-state index is 0.00517. The SMILES string of the molecule is CC(=O)C/C=C1/OC(COc2ccccc2)CCCN1NC1CC1. The van der Waals surface area contributed by atoms with Crippen LogP contribution in [0.1, 0.15) is 39.0 Å². The number of benzene rings is 1. The van der Waals surface area contributed by atoms with E-state index in [1.807, 2.05) is 36.4 Å². The van der Waals surface area contributed by atoms with E-state index in [1.54, 1.807) is 6.92 Å². The largest absolute Gasteiger partial charge is 0.490 e. The van der Waals surface area contributed by atoms with Crippen LogP contribution in [0, 0.1) is 0 Å². The number of hydrogen-bond donors (Lipinski definition) is 1. The van der Waals surface area contributed by atoms with Crippen LogP contribution in [0.15, 0.2) is 42.3 Å². The van der Waals surface area contributed by atoms with Crippen LogP contribution in [0.4, 0.5) is 0 Å². The number of para-hydroxylation sites is 1. The van der Waals surface area contributed by atoms with Gasteiger partial charge in [0.2, 0.25) is 5.88 Å². The molecule has 24 heavy (non-hydrogen) atoms. The van der Waals surface area contributed by atoms with Crippen LogP contribution in [-0.4, -0.2) is 36.1 Å². The molecule has 1 unspecified atom stereocenters. The second-order valence-corrected chi connectivity index (χ2v) is 6.51. The van der Waals surface area contributed by atoms with Gasteiger partial charge in [-0.3, -0.25) is 9.80 Å². The van der Waals surface area contributed by atoms with Gasteiger partial charge in [0.1, 0.15) is 24.2 Å². The first-order valence-corrected chi connectivity index (χ1v) is 8.78. The summed E-state index contributed by atoms with van der Waals surface area (Å²) in [4.78, 5) is 11.3. The van der Waals surface area contributed by atoms with Crippen LogP contribution < -0.4 is 10.2 Å². The minimum atomic E-state index is -0.00517. The van der Waals surface area contributed by atoms with E-state index >= 15 is 0 Å². The Balaban J connectivity index is 1.61. The molecule has 1 heterocycles. The number of hydrazine groups is 1. The van der Waals surface area contributed by atoms with Crippen molar-refractivity contribution < 1.29 is 14.3 Å². The van der Waals surface area contributed by atoms with Gasteiger partial charge in [0.25, 0.3) is 0 Å². The van der Waals surface area contributed by atoms with E-state index in [9.17, 15) is 4.79 Å². The van der Waals surface area contributed by atoms with Crippen molar-refractivity contribution in [3.63, 3.8) is 0 Å². The van der Waals surface area contributed by atoms with Gasteiger partial charge >= 0.3 is 0 Å². The highest BCUT2D eigenvalue weighted by Crippen LogP contribution is 2.24. The Kier molecular flexibility index (Phi) is 5.75. The average molecular weight is 330 g/mol. The van der Waals surface area contributed by atoms with Crippen LogP contribution in [0.5, 0.6) is 5.75 Å². The summed E-state index contributed by atoms with van der Waals surface area (Å²) >= 11 is 0. The number of hydrogen-bond acceptors (Lipinski definition) is 5. The number of nitrogens with one attached hydrogen (secondary N) is 1. The number of ether oxygens (including phenoxy) is 2. The van der Waals surface area contributed by atoms with Gasteiger partial charge in [-0.25, -0.2) is 5.43 Å². The van der Waals surface area contributed by atoms with Gasteiger partial charge in [-0.2, -0.15) is 0 Å². The van der Waals surface area contributed by atoms with Crippen LogP contribution in [0.25, 0.3) is 0 Å². The Bertz CT molecular complexity index is 569. The Morgan fingerprint density at radius 1 is 1.33 bits per heavy atom. The van der Waals surface area contributed by atoms with Gasteiger partial charge in [-0.05, 0) is 50.8 Å². The van der Waals surface area contributed by atoms with Crippen LogP contribution in [0.2, 0.25) is 0 Å². The zero-order valence-electron chi connectivity index (χ0n) is 14.2. The van der Waals surface area contributed by atoms with Gasteiger partial charge in [0.15, 0.2) is 0 Å². The molecule has 0 bridgehead atoms. The first kappa shape index (κ1) is 16.8. The number of ketones is 1. The highest BCUT2D eigenvalue weighted by molar-refractivity contribution is 5.77. The summed E-state index contributed by atoms with van der Waals surface area (Å²) in [5.41, 5.74) is 3.49. The molecule has 1 aromatic carbocycles. The zero-order chi connectivity index (χ0) is 16.8. The zero-order valence-corrected chi connectivity index (χ0v) is 14.2. The maximum absolute atomic E-state index is 11.3. The number of carbonyl (C=O) groups excluding carboxylic acids is 1. The van der Waals surface area contributed by atoms with E-state index in [4.69, 9.17) is 9.47 Å². The third-order valence-electron chi connectivity index (χ3n) is 4.12. The van der Waals surface area contributed by atoms with Crippen molar-refractivity contribution in [2.45, 2.75) is 51.2 Å². The predicted molar refractivity (Wildman–Crippen MR) is 92.3 cm³/mol. The minimum Gasteiger partial charge on any atom is -0.490 e. The van der Waals surface area contributed by atoms with Crippen molar-refractivity contribution in [3.8, 4) is 5.75 Å². The third kappa shape index (κ3) is 5.27. The fourth-order valence-electron chi connectivity index (χ4n) is 2.65. The molecule has 1 aliphatic carbocycles. The summed E-state index contributed by atoms with van der Waals surface area (Å²) in [6, 6.07) is 10.3. The van der Waals surface area contributed by atoms with Crippen LogP contribution >= 0.6 is 0 Å². The molecule has 5 heteroatoms. The van der Waals surface area contributed by atoms with Gasteiger partial charge in [-0.15, -0.1) is 0 Å². The van der Waals surface area contributed by atoms with Crippen molar-refractivity contribution in [1.29, 1.82) is 0 Å². The molecule has 1 saturated heterocycles. The molecule has 0 radical (unpaired) electrons. The summed E-state index contributed by atoms with van der Waals surface area (Å²) in [7, 11) is 0. The molecular formula is C19H26N2O3. The number of allylic oxidation sites excluding steroid dienone is 1. The lowest BCUT2D eigenvalue weighted by Crippen LogP contribution is -2.39. The molecule has 1 atom stereocenters. The van der Waals surface area contributed by atoms with Crippen molar-refractivity contribution in [2.24, 2.45) is 0 Å². The smallest absolute Gasteiger partial charge is 0.200 e. The van der Waals surface area contributed by atoms with E-state index in [0.717, 1.165) is 31.0 Å². The molecule has 130 valence electrons. The molecule has 3 rings (SSSR count). The summed E-state index contributed by atoms with van der Waals surface area (Å²) in [6.45, 7) is 3.00. The lowest BCUT2D eigenvalue weighted by atomic mass is 10.2. The summed E-state index contributed by atoms with van der Waals surface area (Å²) in [5, 5.41) is 2.07. The Hall–Kier alpha value is -2.01. The molecule has 1 aliphatic heterocycles. The molecule has 0 aromatic heterocycles. The summed E-state index contributed by atoms with van der Waals surface area (Å²) in [5.74, 6) is 1.75. The lowest BCUT2D eigenvalue weighted by molar-refractivity contribution is -0.116. The number of rotatable bonds is 7. The van der Waals surface area contributed by atoms with E-state index in [0.29, 0.717) is 19.1 Å². The normalized spacial score (nSPS) is 22.8. The molecular weight excluding hydrogens is 304 g/mol. The summed E-state index contributed by atoms with van der Waals surface area (Å²) < 4.78 is 12.0. The van der Waals surface area contributed by atoms with Crippen molar-refractivity contribution in [2.75, 3.05) is 13.2 Å². The van der Waals surface area contributed by atoms with E-state index < -0.39 is 0 Å². The van der Waals surface area contributed by atoms with E-state index in [2.05, 4.69) is 10.4 Å². The van der Waals surface area contributed by atoms with Crippen molar-refractivity contribution in [3.05, 3.63) is 42.3 Å². The second kappa shape index (κ2) is 8.20. The Morgan fingerprint density at radius 2 is 2.12 bits per heavy atom. The third-order valence-corrected chi connectivity index (χ3v) is 4.12. The number of Topliss-reactive ketones (excluding diaryl/α,β-unsaturated/α-hetero) is 1. The Labute approximate surface area is 143 Å². The Morgan fingerprint density at radius 3 is 2.83 bits per heavy atom. The monoisotopic (exact) mass is 330 g/mol. The van der Waals surface area contributed by atoms with E-state index in [-0.39, 0.29) is 11.9 Å². The maximum Gasteiger partial charge on any atom is 0.200 e. The molecule has 1 N–H and O–H groups in total. The van der Waals surface area contributed by atoms with Crippen molar-refractivity contribution >= 4 is 5.78 Å². The molecule has 1 saturated carbocycles. The maximum atomic E-state index is 11.3. The molecule has 5 nitrogen and oxygen atoms in total. The fourth-order valence-corrected chi connectivity index (χ4v) is 2.65. The van der Waals surface area contributed by atoms with Crippen LogP contribution in [-0.2, 0) is 9.53 Å². The lowest BCUT2D eigenvalue weighted by Gasteiger charge is -2.27. The molecule has 1 aromatic rings. The molecule has 0 amide bonds. The number of nitrogens with zero attached hydrogens (tertiary/aromatic N) is 1. The highest BCUT2D eigenvalue weighted by atomic mass is 16.5. The first-order chi connectivity index (χ1) is 11.7. The standard InChI is InChI=1S/C19H26N2O3/c1-15(22)9-12-19-21(20-16-10-11-16)13-5-8-18(24-19)14-23-17-6-3-2-4-7-17/h2-4,6-7,12,16,18,20H,5,8-11,13-14H2,1H3/b19-12+. The highest BCUT2D eigenvalue weighted by Gasteiger charge is 2.28. The van der Waals surface area contributed by atoms with Gasteiger partial charge in [0.05, 0.1) is 0 Å². The first-order valence-electron chi connectivity index (χ1n) is 8.78. The molecule has 0 spiro atoms. The number of carbonyl (C=O) groups is 1. The fraction of sp³-hybridized carbons (Fsp3) is 0.526. The van der Waals surface area contributed by atoms with Crippen LogP contribution in [0.3, 0.4) is 0 Å². The molecule has 2 aliphatic rings. The van der Waals surface area contributed by atoms with Gasteiger partial charge < -0.3 is 9.47 Å². The average Bonchev–Trinajstić information content (AvgIpc) is 3.41. The topological polar surface area (TPSA) is 50.8 Å². The summed E-state index contributed by atoms with van der Waals surface area (Å²) in [6.07, 6.45) is 6.65. The molecule has 2 fully saturated rings. The predicted octanol–water partition coefficient (Wildman–Crippen LogP) is 3.03. The second-order valence-electron chi connectivity index (χ2n) is 6.51. The van der Waals surface area contributed by atoms with E-state index in [1.165, 1.54) is 12.8 Å². The van der Waals surface area contributed by atoms with Gasteiger partial charge in [-0.1, -0.05) is 18.2 Å². The quantitative estimate of drug-likeness (QED) is 0.833. The van der Waals surface area contributed by atoms with Crippen molar-refractivity contribution in [1.82, 2.24) is 10.4 Å². The van der Waals surface area contributed by atoms with Gasteiger partial charge in [0, 0.05) is 19.0 Å².